The maximum absolute atomic E-state index is 11.8. The maximum Gasteiger partial charge on any atom is 0.273 e. The van der Waals surface area contributed by atoms with Crippen LogP contribution in [-0.4, -0.2) is 22.6 Å². The van der Waals surface area contributed by atoms with Gasteiger partial charge in [0, 0.05) is 6.54 Å². The summed E-state index contributed by atoms with van der Waals surface area (Å²) in [7, 11) is 0. The molecule has 17 heavy (non-hydrogen) atoms. The van der Waals surface area contributed by atoms with Gasteiger partial charge in [0.2, 0.25) is 0 Å². The number of hydrogen-bond acceptors (Lipinski definition) is 3. The van der Waals surface area contributed by atoms with E-state index in [4.69, 9.17) is 5.73 Å². The number of hydrogen-bond donors (Lipinski definition) is 3. The van der Waals surface area contributed by atoms with E-state index < -0.39 is 0 Å². The largest absolute Gasteiger partial charge is 0.395 e. The van der Waals surface area contributed by atoms with Crippen molar-refractivity contribution in [2.75, 3.05) is 12.3 Å². The predicted octanol–water partition coefficient (Wildman–Crippen LogP) is 1.47. The standard InChI is InChI=1S/C12H20N4O/c1-2-3-9-10(13)11(16-15-9)12(17)14-7-6-8-4-5-8/h8H,2-7,13H2,1H3,(H,14,17)(H,15,16). The second kappa shape index (κ2) is 5.21. The molecule has 1 aliphatic carbocycles. The normalized spacial score (nSPS) is 14.9. The van der Waals surface area contributed by atoms with E-state index in [0.717, 1.165) is 37.4 Å². The number of H-pyrrole nitrogens is 1. The molecule has 5 nitrogen and oxygen atoms in total. The molecule has 1 aromatic heterocycles. The van der Waals surface area contributed by atoms with Crippen LogP contribution in [0.2, 0.25) is 0 Å². The van der Waals surface area contributed by atoms with Gasteiger partial charge in [-0.3, -0.25) is 9.89 Å². The quantitative estimate of drug-likeness (QED) is 0.699. The van der Waals surface area contributed by atoms with Crippen molar-refractivity contribution in [3.05, 3.63) is 11.4 Å². The van der Waals surface area contributed by atoms with E-state index in [9.17, 15) is 4.79 Å². The Morgan fingerprint density at radius 1 is 1.59 bits per heavy atom. The van der Waals surface area contributed by atoms with Gasteiger partial charge in [-0.1, -0.05) is 26.2 Å². The molecule has 0 atom stereocenters. The van der Waals surface area contributed by atoms with Crippen molar-refractivity contribution >= 4 is 11.6 Å². The first kappa shape index (κ1) is 12.0. The van der Waals surface area contributed by atoms with Crippen LogP contribution in [0.25, 0.3) is 0 Å². The summed E-state index contributed by atoms with van der Waals surface area (Å²) in [5.41, 5.74) is 7.57. The first-order valence-corrected chi connectivity index (χ1v) is 6.33. The first-order valence-electron chi connectivity index (χ1n) is 6.33. The summed E-state index contributed by atoms with van der Waals surface area (Å²) in [6, 6.07) is 0. The summed E-state index contributed by atoms with van der Waals surface area (Å²) in [5, 5.41) is 9.68. The van der Waals surface area contributed by atoms with Crippen molar-refractivity contribution in [3.8, 4) is 0 Å². The van der Waals surface area contributed by atoms with Gasteiger partial charge >= 0.3 is 0 Å². The third kappa shape index (κ3) is 2.99. The van der Waals surface area contributed by atoms with Gasteiger partial charge in [-0.25, -0.2) is 0 Å². The summed E-state index contributed by atoms with van der Waals surface area (Å²) in [5.74, 6) is 0.657. The van der Waals surface area contributed by atoms with Crippen molar-refractivity contribution in [1.82, 2.24) is 15.5 Å². The number of carbonyl (C=O) groups excluding carboxylic acids is 1. The molecule has 2 rings (SSSR count). The van der Waals surface area contributed by atoms with Crippen LogP contribution in [0.5, 0.6) is 0 Å². The van der Waals surface area contributed by atoms with Gasteiger partial charge in [0.15, 0.2) is 5.69 Å². The summed E-state index contributed by atoms with van der Waals surface area (Å²) in [4.78, 5) is 11.8. The third-order valence-corrected chi connectivity index (χ3v) is 3.13. The number of nitrogens with zero attached hydrogens (tertiary/aromatic N) is 1. The van der Waals surface area contributed by atoms with Gasteiger partial charge in [0.1, 0.15) is 0 Å². The lowest BCUT2D eigenvalue weighted by atomic mass is 10.2. The molecule has 5 heteroatoms. The molecule has 1 heterocycles. The van der Waals surface area contributed by atoms with Crippen molar-refractivity contribution in [1.29, 1.82) is 0 Å². The number of nitrogen functional groups attached to an aromatic ring is 1. The number of aromatic nitrogens is 2. The monoisotopic (exact) mass is 236 g/mol. The Balaban J connectivity index is 1.88. The Labute approximate surface area is 101 Å². The molecule has 1 aliphatic rings. The van der Waals surface area contributed by atoms with E-state index in [1.54, 1.807) is 0 Å². The van der Waals surface area contributed by atoms with Crippen LogP contribution >= 0.6 is 0 Å². The van der Waals surface area contributed by atoms with Crippen LogP contribution in [0.3, 0.4) is 0 Å². The predicted molar refractivity (Wildman–Crippen MR) is 66.7 cm³/mol. The number of carbonyl (C=O) groups is 1. The van der Waals surface area contributed by atoms with E-state index in [2.05, 4.69) is 22.4 Å². The molecule has 0 spiro atoms. The number of anilines is 1. The van der Waals surface area contributed by atoms with Crippen LogP contribution in [0.1, 0.15) is 48.8 Å². The molecule has 0 saturated heterocycles. The van der Waals surface area contributed by atoms with Gasteiger partial charge in [-0.05, 0) is 18.8 Å². The van der Waals surface area contributed by atoms with Crippen molar-refractivity contribution in [3.63, 3.8) is 0 Å². The zero-order valence-corrected chi connectivity index (χ0v) is 10.3. The van der Waals surface area contributed by atoms with Crippen molar-refractivity contribution in [2.45, 2.75) is 39.0 Å². The topological polar surface area (TPSA) is 83.8 Å². The molecular weight excluding hydrogens is 216 g/mol. The molecule has 1 amide bonds. The first-order chi connectivity index (χ1) is 8.22. The number of amides is 1. The van der Waals surface area contributed by atoms with Gasteiger partial charge < -0.3 is 11.1 Å². The Hall–Kier alpha value is -1.52. The van der Waals surface area contributed by atoms with Gasteiger partial charge in [-0.2, -0.15) is 5.10 Å². The smallest absolute Gasteiger partial charge is 0.273 e. The summed E-state index contributed by atoms with van der Waals surface area (Å²) in [6.45, 7) is 2.79. The number of nitrogens with one attached hydrogen (secondary N) is 2. The highest BCUT2D eigenvalue weighted by molar-refractivity contribution is 5.97. The number of aryl methyl sites for hydroxylation is 1. The lowest BCUT2D eigenvalue weighted by Crippen LogP contribution is -2.25. The molecule has 1 fully saturated rings. The lowest BCUT2D eigenvalue weighted by molar-refractivity contribution is 0.0948. The number of rotatable bonds is 6. The molecule has 0 aliphatic heterocycles. The Morgan fingerprint density at radius 2 is 2.35 bits per heavy atom. The SMILES string of the molecule is CCCc1[nH]nc(C(=O)NCCC2CC2)c1N. The van der Waals surface area contributed by atoms with Crippen molar-refractivity contribution < 1.29 is 4.79 Å². The second-order valence-electron chi connectivity index (χ2n) is 4.70. The molecule has 0 aromatic carbocycles. The Bertz CT molecular complexity index is 395. The highest BCUT2D eigenvalue weighted by Gasteiger charge is 2.21. The van der Waals surface area contributed by atoms with Crippen LogP contribution in [-0.2, 0) is 6.42 Å². The zero-order valence-electron chi connectivity index (χ0n) is 10.3. The summed E-state index contributed by atoms with van der Waals surface area (Å²) >= 11 is 0. The van der Waals surface area contributed by atoms with E-state index in [-0.39, 0.29) is 5.91 Å². The van der Waals surface area contributed by atoms with Gasteiger partial charge in [-0.15, -0.1) is 0 Å². The average molecular weight is 236 g/mol. The fraction of sp³-hybridized carbons (Fsp3) is 0.667. The summed E-state index contributed by atoms with van der Waals surface area (Å²) in [6.07, 6.45) is 5.49. The number of nitrogens with two attached hydrogens (primary N) is 1. The maximum atomic E-state index is 11.8. The van der Waals surface area contributed by atoms with Crippen molar-refractivity contribution in [2.24, 2.45) is 5.92 Å². The Kier molecular flexibility index (Phi) is 3.66. The molecule has 0 radical (unpaired) electrons. The molecule has 0 unspecified atom stereocenters. The van der Waals surface area contributed by atoms with E-state index in [1.807, 2.05) is 0 Å². The summed E-state index contributed by atoms with van der Waals surface area (Å²) < 4.78 is 0. The Morgan fingerprint density at radius 3 is 3.00 bits per heavy atom. The molecule has 94 valence electrons. The van der Waals surface area contributed by atoms with E-state index in [0.29, 0.717) is 11.4 Å². The fourth-order valence-corrected chi connectivity index (χ4v) is 1.88. The highest BCUT2D eigenvalue weighted by Crippen LogP contribution is 2.31. The molecule has 0 bridgehead atoms. The van der Waals surface area contributed by atoms with Crippen LogP contribution < -0.4 is 11.1 Å². The molecule has 1 aromatic rings. The molecule has 4 N–H and O–H groups in total. The second-order valence-corrected chi connectivity index (χ2v) is 4.70. The zero-order chi connectivity index (χ0) is 12.3. The van der Waals surface area contributed by atoms with Crippen LogP contribution in [0.4, 0.5) is 5.69 Å². The minimum absolute atomic E-state index is 0.165. The van der Waals surface area contributed by atoms with E-state index in [1.165, 1.54) is 12.8 Å². The highest BCUT2D eigenvalue weighted by atomic mass is 16.1. The molecular formula is C12H20N4O. The van der Waals surface area contributed by atoms with Crippen LogP contribution in [0, 0.1) is 5.92 Å². The lowest BCUT2D eigenvalue weighted by Gasteiger charge is -2.02. The number of aromatic amines is 1. The fourth-order valence-electron chi connectivity index (χ4n) is 1.88. The van der Waals surface area contributed by atoms with Gasteiger partial charge in [0.25, 0.3) is 5.91 Å². The minimum Gasteiger partial charge on any atom is -0.395 e. The average Bonchev–Trinajstić information content (AvgIpc) is 3.05. The third-order valence-electron chi connectivity index (χ3n) is 3.13. The molecule has 1 saturated carbocycles. The van der Waals surface area contributed by atoms with Crippen LogP contribution in [0.15, 0.2) is 0 Å². The van der Waals surface area contributed by atoms with Gasteiger partial charge in [0.05, 0.1) is 11.4 Å². The van der Waals surface area contributed by atoms with E-state index >= 15 is 0 Å². The minimum atomic E-state index is -0.165.